The molecule has 0 amide bonds. The van der Waals surface area contributed by atoms with Gasteiger partial charge < -0.3 is 4.74 Å². The second-order valence-electron chi connectivity index (χ2n) is 9.70. The largest absolute Gasteiger partial charge is 0.451 e. The van der Waals surface area contributed by atoms with E-state index in [-0.39, 0.29) is 17.0 Å². The van der Waals surface area contributed by atoms with Crippen molar-refractivity contribution in [2.75, 3.05) is 0 Å². The SMILES string of the molecule is C[C@]12CCC3C4=C(CC(=O)CC4)C4CC4C3C1CC[C@@]21C=CC(=O)O1. The maximum absolute atomic E-state index is 12.0. The van der Waals surface area contributed by atoms with Crippen molar-refractivity contribution in [3.05, 3.63) is 23.3 Å². The molecule has 0 aromatic heterocycles. The van der Waals surface area contributed by atoms with Crippen LogP contribution in [0.15, 0.2) is 23.3 Å². The van der Waals surface area contributed by atoms with Gasteiger partial charge in [-0.2, -0.15) is 0 Å². The molecule has 1 spiro atoms. The van der Waals surface area contributed by atoms with Crippen LogP contribution in [0.4, 0.5) is 0 Å². The summed E-state index contributed by atoms with van der Waals surface area (Å²) >= 11 is 0. The lowest BCUT2D eigenvalue weighted by molar-refractivity contribution is -0.160. The Hall–Kier alpha value is -1.38. The minimum Gasteiger partial charge on any atom is -0.451 e. The molecule has 5 aliphatic carbocycles. The van der Waals surface area contributed by atoms with E-state index in [4.69, 9.17) is 4.74 Å². The van der Waals surface area contributed by atoms with Crippen molar-refractivity contribution >= 4 is 11.8 Å². The van der Waals surface area contributed by atoms with E-state index in [2.05, 4.69) is 13.0 Å². The maximum Gasteiger partial charge on any atom is 0.331 e. The zero-order valence-electron chi connectivity index (χ0n) is 14.9. The Labute approximate surface area is 148 Å². The third kappa shape index (κ3) is 1.68. The van der Waals surface area contributed by atoms with Crippen LogP contribution in [-0.2, 0) is 14.3 Å². The van der Waals surface area contributed by atoms with Crippen molar-refractivity contribution in [3.8, 4) is 0 Å². The number of carbonyl (C=O) groups is 2. The van der Waals surface area contributed by atoms with Gasteiger partial charge in [0.15, 0.2) is 0 Å². The van der Waals surface area contributed by atoms with Crippen molar-refractivity contribution in [3.63, 3.8) is 0 Å². The standard InChI is InChI=1S/C22H26O3/c1-21-7-4-14-13-3-2-12(23)10-15(13)16-11-17(16)20(14)18(21)5-8-22(21)9-6-19(24)25-22/h6,9,14,16-18,20H,2-5,7-8,10-11H2,1H3/t14?,16?,17?,18?,20?,21-,22+/m0/s1. The lowest BCUT2D eigenvalue weighted by atomic mass is 9.52. The highest BCUT2D eigenvalue weighted by molar-refractivity contribution is 5.85. The first-order valence-corrected chi connectivity index (χ1v) is 10.2. The molecule has 132 valence electrons. The van der Waals surface area contributed by atoms with Crippen LogP contribution in [0, 0.1) is 35.0 Å². The Kier molecular flexibility index (Phi) is 2.64. The predicted octanol–water partition coefficient (Wildman–Crippen LogP) is 3.98. The average molecular weight is 338 g/mol. The zero-order chi connectivity index (χ0) is 17.0. The molecule has 5 unspecified atom stereocenters. The Morgan fingerprint density at radius 2 is 1.96 bits per heavy atom. The molecule has 0 aromatic rings. The highest BCUT2D eigenvalue weighted by atomic mass is 16.6. The molecule has 1 heterocycles. The van der Waals surface area contributed by atoms with Crippen LogP contribution in [0.25, 0.3) is 0 Å². The zero-order valence-corrected chi connectivity index (χ0v) is 14.9. The van der Waals surface area contributed by atoms with E-state index in [1.807, 2.05) is 0 Å². The Balaban J connectivity index is 1.40. The van der Waals surface area contributed by atoms with Crippen LogP contribution in [0.1, 0.15) is 58.3 Å². The number of hydrogen-bond acceptors (Lipinski definition) is 3. The molecule has 0 aromatic carbocycles. The summed E-state index contributed by atoms with van der Waals surface area (Å²) in [5.74, 6) is 3.98. The number of fused-ring (bicyclic) bond motifs is 8. The van der Waals surface area contributed by atoms with Gasteiger partial charge in [0.25, 0.3) is 0 Å². The summed E-state index contributed by atoms with van der Waals surface area (Å²) in [7, 11) is 0. The van der Waals surface area contributed by atoms with Gasteiger partial charge in [-0.05, 0) is 74.2 Å². The highest BCUT2D eigenvalue weighted by Gasteiger charge is 2.68. The van der Waals surface area contributed by atoms with E-state index in [0.29, 0.717) is 23.5 Å². The van der Waals surface area contributed by atoms with E-state index < -0.39 is 0 Å². The van der Waals surface area contributed by atoms with Gasteiger partial charge in [-0.1, -0.05) is 18.1 Å². The summed E-state index contributed by atoms with van der Waals surface area (Å²) < 4.78 is 5.92. The van der Waals surface area contributed by atoms with Crippen LogP contribution in [-0.4, -0.2) is 17.4 Å². The lowest BCUT2D eigenvalue weighted by Gasteiger charge is -2.53. The van der Waals surface area contributed by atoms with Gasteiger partial charge in [0, 0.05) is 24.3 Å². The van der Waals surface area contributed by atoms with Gasteiger partial charge in [0.05, 0.1) is 0 Å². The second-order valence-corrected chi connectivity index (χ2v) is 9.70. The Morgan fingerprint density at radius 1 is 1.08 bits per heavy atom. The maximum atomic E-state index is 12.0. The number of carbonyl (C=O) groups excluding carboxylic acids is 2. The molecule has 6 aliphatic rings. The first-order chi connectivity index (χ1) is 12.0. The number of Topliss-reactive ketones (excluding diaryl/α,β-unsaturated/α-hetero) is 1. The van der Waals surface area contributed by atoms with Crippen LogP contribution in [0.2, 0.25) is 0 Å². The molecule has 6 rings (SSSR count). The van der Waals surface area contributed by atoms with E-state index in [9.17, 15) is 9.59 Å². The topological polar surface area (TPSA) is 43.4 Å². The number of ether oxygens (including phenoxy) is 1. The summed E-state index contributed by atoms with van der Waals surface area (Å²) in [5, 5.41) is 0. The summed E-state index contributed by atoms with van der Waals surface area (Å²) in [6, 6.07) is 0. The fourth-order valence-corrected chi connectivity index (χ4v) is 7.81. The van der Waals surface area contributed by atoms with Crippen molar-refractivity contribution in [1.29, 1.82) is 0 Å². The monoisotopic (exact) mass is 338 g/mol. The van der Waals surface area contributed by atoms with Gasteiger partial charge in [-0.15, -0.1) is 0 Å². The molecule has 3 fully saturated rings. The van der Waals surface area contributed by atoms with Gasteiger partial charge in [-0.25, -0.2) is 4.79 Å². The number of esters is 1. The van der Waals surface area contributed by atoms with Gasteiger partial charge in [0.2, 0.25) is 0 Å². The molecule has 0 radical (unpaired) electrons. The first-order valence-electron chi connectivity index (χ1n) is 10.2. The third-order valence-corrected chi connectivity index (χ3v) is 8.99. The van der Waals surface area contributed by atoms with Gasteiger partial charge >= 0.3 is 5.97 Å². The summed E-state index contributed by atoms with van der Waals surface area (Å²) in [6.45, 7) is 2.40. The van der Waals surface area contributed by atoms with Crippen LogP contribution < -0.4 is 0 Å². The minimum absolute atomic E-state index is 0.104. The molecule has 0 saturated heterocycles. The molecular formula is C22H26O3. The van der Waals surface area contributed by atoms with E-state index in [1.165, 1.54) is 19.3 Å². The molecule has 1 aliphatic heterocycles. The Bertz CT molecular complexity index is 761. The molecule has 0 N–H and O–H groups in total. The molecule has 3 saturated carbocycles. The second kappa shape index (κ2) is 4.47. The van der Waals surface area contributed by atoms with E-state index in [0.717, 1.165) is 43.9 Å². The highest BCUT2D eigenvalue weighted by Crippen LogP contribution is 2.72. The van der Waals surface area contributed by atoms with Gasteiger partial charge in [0.1, 0.15) is 11.4 Å². The van der Waals surface area contributed by atoms with E-state index in [1.54, 1.807) is 17.2 Å². The van der Waals surface area contributed by atoms with Crippen molar-refractivity contribution < 1.29 is 14.3 Å². The lowest BCUT2D eigenvalue weighted by Crippen LogP contribution is -2.51. The predicted molar refractivity (Wildman–Crippen MR) is 92.5 cm³/mol. The van der Waals surface area contributed by atoms with Crippen LogP contribution in [0.5, 0.6) is 0 Å². The number of allylic oxidation sites excluding steroid dienone is 2. The fourth-order valence-electron chi connectivity index (χ4n) is 7.81. The molecular weight excluding hydrogens is 312 g/mol. The fraction of sp³-hybridized carbons (Fsp3) is 0.727. The number of rotatable bonds is 0. The molecule has 25 heavy (non-hydrogen) atoms. The summed E-state index contributed by atoms with van der Waals surface area (Å²) in [4.78, 5) is 23.8. The van der Waals surface area contributed by atoms with E-state index >= 15 is 0 Å². The molecule has 3 nitrogen and oxygen atoms in total. The normalized spacial score (nSPS) is 52.6. The Morgan fingerprint density at radius 3 is 2.76 bits per heavy atom. The minimum atomic E-state index is -0.332. The van der Waals surface area contributed by atoms with Crippen LogP contribution >= 0.6 is 0 Å². The number of hydrogen-bond donors (Lipinski definition) is 0. The quantitative estimate of drug-likeness (QED) is 0.496. The number of ketones is 1. The average Bonchev–Trinajstić information content (AvgIpc) is 3.23. The molecule has 0 bridgehead atoms. The van der Waals surface area contributed by atoms with Crippen molar-refractivity contribution in [1.82, 2.24) is 0 Å². The van der Waals surface area contributed by atoms with Gasteiger partial charge in [-0.3, -0.25) is 4.79 Å². The third-order valence-electron chi connectivity index (χ3n) is 8.99. The van der Waals surface area contributed by atoms with Crippen molar-refractivity contribution in [2.24, 2.45) is 35.0 Å². The smallest absolute Gasteiger partial charge is 0.331 e. The summed E-state index contributed by atoms with van der Waals surface area (Å²) in [5.41, 5.74) is 3.02. The molecule has 7 atom stereocenters. The summed E-state index contributed by atoms with van der Waals surface area (Å²) in [6.07, 6.45) is 12.2. The molecule has 3 heteroatoms. The van der Waals surface area contributed by atoms with Crippen LogP contribution in [0.3, 0.4) is 0 Å². The van der Waals surface area contributed by atoms with Crippen molar-refractivity contribution in [2.45, 2.75) is 63.9 Å². The first kappa shape index (κ1) is 14.8.